The molecule has 1 fully saturated rings. The predicted molar refractivity (Wildman–Crippen MR) is 73.8 cm³/mol. The lowest BCUT2D eigenvalue weighted by molar-refractivity contribution is -0.137. The molecule has 0 radical (unpaired) electrons. The van der Waals surface area contributed by atoms with E-state index in [0.29, 0.717) is 12.3 Å². The molecule has 2 heterocycles. The van der Waals surface area contributed by atoms with Crippen molar-refractivity contribution in [3.63, 3.8) is 0 Å². The lowest BCUT2D eigenvalue weighted by atomic mass is 9.93. The number of pyridine rings is 1. The van der Waals surface area contributed by atoms with Gasteiger partial charge in [0.15, 0.2) is 0 Å². The van der Waals surface area contributed by atoms with E-state index in [1.54, 1.807) is 0 Å². The van der Waals surface area contributed by atoms with Crippen LogP contribution >= 0.6 is 0 Å². The molecule has 1 N–H and O–H groups in total. The number of carbonyl (C=O) groups is 1. The summed E-state index contributed by atoms with van der Waals surface area (Å²) in [7, 11) is 0. The van der Waals surface area contributed by atoms with Crippen LogP contribution < -0.4 is 0 Å². The lowest BCUT2D eigenvalue weighted by Gasteiger charge is -2.32. The molecule has 1 aliphatic heterocycles. The molecular weight excluding hydrogens is 240 g/mol. The minimum absolute atomic E-state index is 0.293. The van der Waals surface area contributed by atoms with Crippen LogP contribution in [0.3, 0.4) is 0 Å². The second kappa shape index (κ2) is 6.66. The van der Waals surface area contributed by atoms with Crippen LogP contribution in [-0.2, 0) is 11.3 Å². The van der Waals surface area contributed by atoms with Gasteiger partial charge in [0, 0.05) is 25.7 Å². The first-order valence-electron chi connectivity index (χ1n) is 6.99. The van der Waals surface area contributed by atoms with Crippen LogP contribution in [-0.4, -0.2) is 34.0 Å². The highest BCUT2D eigenvalue weighted by molar-refractivity contribution is 5.66. The summed E-state index contributed by atoms with van der Waals surface area (Å²) in [5.41, 5.74) is 2.28. The average molecular weight is 262 g/mol. The number of likely N-dealkylation sites (tertiary alicyclic amines) is 1. The molecule has 0 spiro atoms. The molecule has 1 aromatic rings. The third-order valence-corrected chi connectivity index (χ3v) is 3.73. The van der Waals surface area contributed by atoms with Crippen LogP contribution in [0.4, 0.5) is 0 Å². The fourth-order valence-electron chi connectivity index (χ4n) is 2.68. The fraction of sp³-hybridized carbons (Fsp3) is 0.600. The first-order chi connectivity index (χ1) is 9.13. The van der Waals surface area contributed by atoms with Gasteiger partial charge in [-0.05, 0) is 50.3 Å². The van der Waals surface area contributed by atoms with Gasteiger partial charge in [0.2, 0.25) is 0 Å². The number of piperidine rings is 1. The summed E-state index contributed by atoms with van der Waals surface area (Å²) < 4.78 is 0. The number of hydrogen-bond acceptors (Lipinski definition) is 3. The highest BCUT2D eigenvalue weighted by Gasteiger charge is 2.20. The Bertz CT molecular complexity index is 417. The van der Waals surface area contributed by atoms with Gasteiger partial charge in [0.25, 0.3) is 0 Å². The fourth-order valence-corrected chi connectivity index (χ4v) is 2.68. The van der Waals surface area contributed by atoms with Gasteiger partial charge < -0.3 is 5.11 Å². The Morgan fingerprint density at radius 1 is 1.53 bits per heavy atom. The second-order valence-corrected chi connectivity index (χ2v) is 5.50. The second-order valence-electron chi connectivity index (χ2n) is 5.50. The molecule has 2 rings (SSSR count). The molecule has 104 valence electrons. The Kier molecular flexibility index (Phi) is 4.91. The molecule has 19 heavy (non-hydrogen) atoms. The quantitative estimate of drug-likeness (QED) is 0.885. The zero-order valence-corrected chi connectivity index (χ0v) is 11.5. The minimum atomic E-state index is -0.683. The van der Waals surface area contributed by atoms with E-state index < -0.39 is 5.97 Å². The van der Waals surface area contributed by atoms with Crippen molar-refractivity contribution in [3.05, 3.63) is 29.6 Å². The van der Waals surface area contributed by atoms with Gasteiger partial charge in [-0.15, -0.1) is 0 Å². The Balaban J connectivity index is 1.83. The molecule has 1 atom stereocenters. The van der Waals surface area contributed by atoms with Gasteiger partial charge in [-0.25, -0.2) is 0 Å². The molecule has 4 nitrogen and oxygen atoms in total. The Morgan fingerprint density at radius 3 is 3.05 bits per heavy atom. The van der Waals surface area contributed by atoms with Crippen molar-refractivity contribution in [2.24, 2.45) is 5.92 Å². The Morgan fingerprint density at radius 2 is 2.37 bits per heavy atom. The molecule has 4 heteroatoms. The third kappa shape index (κ3) is 4.63. The SMILES string of the molecule is Cc1ccc(CN2CCCC(CCC(=O)O)C2)nc1. The zero-order valence-electron chi connectivity index (χ0n) is 11.5. The van der Waals surface area contributed by atoms with E-state index in [1.165, 1.54) is 5.56 Å². The molecular formula is C15H22N2O2. The number of carboxylic acid groups (broad SMARTS) is 1. The summed E-state index contributed by atoms with van der Waals surface area (Å²) in [5, 5.41) is 8.75. The molecule has 1 unspecified atom stereocenters. The summed E-state index contributed by atoms with van der Waals surface area (Å²) in [4.78, 5) is 17.5. The van der Waals surface area contributed by atoms with E-state index in [-0.39, 0.29) is 0 Å². The summed E-state index contributed by atoms with van der Waals surface area (Å²) >= 11 is 0. The van der Waals surface area contributed by atoms with Gasteiger partial charge in [-0.3, -0.25) is 14.7 Å². The maximum atomic E-state index is 10.6. The summed E-state index contributed by atoms with van der Waals surface area (Å²) in [6, 6.07) is 4.17. The number of aromatic nitrogens is 1. The number of nitrogens with zero attached hydrogens (tertiary/aromatic N) is 2. The predicted octanol–water partition coefficient (Wildman–Crippen LogP) is 2.47. The van der Waals surface area contributed by atoms with E-state index in [9.17, 15) is 4.79 Å². The first kappa shape index (κ1) is 14.0. The van der Waals surface area contributed by atoms with Crippen molar-refractivity contribution in [1.29, 1.82) is 0 Å². The van der Waals surface area contributed by atoms with Crippen molar-refractivity contribution in [1.82, 2.24) is 9.88 Å². The normalized spacial score (nSPS) is 20.4. The smallest absolute Gasteiger partial charge is 0.303 e. The van der Waals surface area contributed by atoms with Crippen LogP contribution in [0.2, 0.25) is 0 Å². The van der Waals surface area contributed by atoms with Crippen molar-refractivity contribution in [2.45, 2.75) is 39.2 Å². The molecule has 1 aliphatic rings. The van der Waals surface area contributed by atoms with E-state index in [2.05, 4.69) is 22.0 Å². The van der Waals surface area contributed by atoms with Crippen LogP contribution in [0.1, 0.15) is 36.9 Å². The van der Waals surface area contributed by atoms with Crippen LogP contribution in [0.5, 0.6) is 0 Å². The average Bonchev–Trinajstić information content (AvgIpc) is 2.40. The van der Waals surface area contributed by atoms with Gasteiger partial charge in [-0.2, -0.15) is 0 Å². The maximum absolute atomic E-state index is 10.6. The van der Waals surface area contributed by atoms with Crippen molar-refractivity contribution < 1.29 is 9.90 Å². The standard InChI is InChI=1S/C15H22N2O2/c1-12-4-6-14(16-9-12)11-17-8-2-3-13(10-17)5-7-15(18)19/h4,6,9,13H,2-3,5,7-8,10-11H2,1H3,(H,18,19). The van der Waals surface area contributed by atoms with Gasteiger partial charge in [0.1, 0.15) is 0 Å². The summed E-state index contributed by atoms with van der Waals surface area (Å²) in [6.45, 7) is 5.02. The monoisotopic (exact) mass is 262 g/mol. The molecule has 0 saturated carbocycles. The van der Waals surface area contributed by atoms with E-state index in [1.807, 2.05) is 13.1 Å². The van der Waals surface area contributed by atoms with Crippen molar-refractivity contribution in [2.75, 3.05) is 13.1 Å². The summed E-state index contributed by atoms with van der Waals surface area (Å²) in [5.74, 6) is -0.160. The number of aryl methyl sites for hydroxylation is 1. The van der Waals surface area contributed by atoms with Crippen LogP contribution in [0.15, 0.2) is 18.3 Å². The number of rotatable bonds is 5. The molecule has 0 amide bonds. The van der Waals surface area contributed by atoms with E-state index in [0.717, 1.165) is 44.6 Å². The molecule has 1 saturated heterocycles. The van der Waals surface area contributed by atoms with Gasteiger partial charge in [-0.1, -0.05) is 6.07 Å². The highest BCUT2D eigenvalue weighted by atomic mass is 16.4. The van der Waals surface area contributed by atoms with Crippen molar-refractivity contribution in [3.8, 4) is 0 Å². The van der Waals surface area contributed by atoms with Crippen LogP contribution in [0, 0.1) is 12.8 Å². The van der Waals surface area contributed by atoms with Crippen molar-refractivity contribution >= 4 is 5.97 Å². The third-order valence-electron chi connectivity index (χ3n) is 3.73. The molecule has 0 aliphatic carbocycles. The largest absolute Gasteiger partial charge is 0.481 e. The Hall–Kier alpha value is -1.42. The minimum Gasteiger partial charge on any atom is -0.481 e. The van der Waals surface area contributed by atoms with Gasteiger partial charge in [0.05, 0.1) is 5.69 Å². The first-order valence-corrected chi connectivity index (χ1v) is 6.99. The number of carboxylic acids is 1. The zero-order chi connectivity index (χ0) is 13.7. The van der Waals surface area contributed by atoms with E-state index in [4.69, 9.17) is 5.11 Å². The topological polar surface area (TPSA) is 53.4 Å². The lowest BCUT2D eigenvalue weighted by Crippen LogP contribution is -2.35. The number of hydrogen-bond donors (Lipinski definition) is 1. The molecule has 0 bridgehead atoms. The maximum Gasteiger partial charge on any atom is 0.303 e. The van der Waals surface area contributed by atoms with E-state index >= 15 is 0 Å². The summed E-state index contributed by atoms with van der Waals surface area (Å²) in [6.07, 6.45) is 5.32. The number of aliphatic carboxylic acids is 1. The highest BCUT2D eigenvalue weighted by Crippen LogP contribution is 2.22. The van der Waals surface area contributed by atoms with Gasteiger partial charge >= 0.3 is 5.97 Å². The molecule has 0 aromatic carbocycles. The Labute approximate surface area is 114 Å². The molecule has 1 aromatic heterocycles. The van der Waals surface area contributed by atoms with Crippen LogP contribution in [0.25, 0.3) is 0 Å².